The van der Waals surface area contributed by atoms with Crippen molar-refractivity contribution in [1.82, 2.24) is 10.2 Å². The van der Waals surface area contributed by atoms with Crippen molar-refractivity contribution in [2.45, 2.75) is 19.8 Å². The van der Waals surface area contributed by atoms with Crippen molar-refractivity contribution in [3.8, 4) is 5.75 Å². The van der Waals surface area contributed by atoms with Crippen molar-refractivity contribution in [1.29, 1.82) is 0 Å². The first-order valence-corrected chi connectivity index (χ1v) is 8.25. The van der Waals surface area contributed by atoms with Gasteiger partial charge in [0.2, 0.25) is 11.0 Å². The van der Waals surface area contributed by atoms with Crippen LogP contribution >= 0.6 is 11.3 Å². The number of anilines is 3. The molecule has 2 aromatic rings. The summed E-state index contributed by atoms with van der Waals surface area (Å²) >= 11 is 1.40. The molecular formula is C15H19N5O2S. The highest BCUT2D eigenvalue weighted by Crippen LogP contribution is 2.33. The third-order valence-corrected chi connectivity index (χ3v) is 4.60. The van der Waals surface area contributed by atoms with E-state index in [-0.39, 0.29) is 12.5 Å². The summed E-state index contributed by atoms with van der Waals surface area (Å²) in [4.78, 5) is 14.2. The predicted molar refractivity (Wildman–Crippen MR) is 91.2 cm³/mol. The largest absolute Gasteiger partial charge is 0.490 e. The standard InChI is InChI=1S/C15H19N5O2S/c1-9(2)14-18-19-15(23-14)17-13(21)8-20-5-6-22-12-4-3-10(16)7-11(12)20/h3-4,7,9H,5-6,8,16H2,1-2H3,(H,17,19,21). The molecule has 0 bridgehead atoms. The van der Waals surface area contributed by atoms with Crippen LogP contribution in [0.2, 0.25) is 0 Å². The third kappa shape index (κ3) is 3.53. The number of nitrogens with two attached hydrogens (primary N) is 1. The molecule has 1 aliphatic heterocycles. The normalized spacial score (nSPS) is 13.6. The van der Waals surface area contributed by atoms with Crippen LogP contribution in [0.3, 0.4) is 0 Å². The fourth-order valence-corrected chi connectivity index (χ4v) is 3.07. The molecule has 0 atom stereocenters. The number of nitrogens with one attached hydrogen (secondary N) is 1. The summed E-state index contributed by atoms with van der Waals surface area (Å²) in [5.41, 5.74) is 7.31. The minimum atomic E-state index is -0.133. The lowest BCUT2D eigenvalue weighted by Gasteiger charge is -2.30. The molecule has 8 heteroatoms. The van der Waals surface area contributed by atoms with E-state index in [2.05, 4.69) is 15.5 Å². The van der Waals surface area contributed by atoms with Gasteiger partial charge in [0.25, 0.3) is 0 Å². The number of hydrogen-bond donors (Lipinski definition) is 2. The summed E-state index contributed by atoms with van der Waals surface area (Å²) < 4.78 is 5.59. The fraction of sp³-hybridized carbons (Fsp3) is 0.400. The Labute approximate surface area is 138 Å². The van der Waals surface area contributed by atoms with E-state index in [1.807, 2.05) is 30.9 Å². The van der Waals surface area contributed by atoms with E-state index < -0.39 is 0 Å². The maximum absolute atomic E-state index is 12.3. The van der Waals surface area contributed by atoms with Crippen LogP contribution in [-0.4, -0.2) is 35.8 Å². The number of aromatic nitrogens is 2. The zero-order valence-corrected chi connectivity index (χ0v) is 13.9. The molecule has 3 N–H and O–H groups in total. The highest BCUT2D eigenvalue weighted by atomic mass is 32.1. The zero-order valence-electron chi connectivity index (χ0n) is 13.1. The van der Waals surface area contributed by atoms with Crippen molar-refractivity contribution in [2.75, 3.05) is 35.6 Å². The zero-order chi connectivity index (χ0) is 16.4. The Morgan fingerprint density at radius 1 is 1.48 bits per heavy atom. The molecule has 1 aliphatic rings. The van der Waals surface area contributed by atoms with Crippen molar-refractivity contribution in [3.63, 3.8) is 0 Å². The first kappa shape index (κ1) is 15.5. The van der Waals surface area contributed by atoms with Crippen LogP contribution in [0.25, 0.3) is 0 Å². The molecule has 3 rings (SSSR count). The Bertz CT molecular complexity index is 716. The lowest BCUT2D eigenvalue weighted by molar-refractivity contribution is -0.115. The molecule has 1 amide bonds. The number of carbonyl (C=O) groups excluding carboxylic acids is 1. The van der Waals surface area contributed by atoms with Gasteiger partial charge in [-0.25, -0.2) is 0 Å². The van der Waals surface area contributed by atoms with E-state index in [1.54, 1.807) is 6.07 Å². The van der Waals surface area contributed by atoms with Gasteiger partial charge in [-0.1, -0.05) is 25.2 Å². The van der Waals surface area contributed by atoms with Gasteiger partial charge in [-0.05, 0) is 18.2 Å². The second-order valence-electron chi connectivity index (χ2n) is 5.65. The lowest BCUT2D eigenvalue weighted by atomic mass is 10.2. The molecule has 0 radical (unpaired) electrons. The second kappa shape index (κ2) is 6.41. The Hall–Kier alpha value is -2.35. The number of amides is 1. The Kier molecular flexibility index (Phi) is 4.33. The summed E-state index contributed by atoms with van der Waals surface area (Å²) in [6.07, 6.45) is 0. The van der Waals surface area contributed by atoms with Gasteiger partial charge in [0, 0.05) is 11.6 Å². The summed E-state index contributed by atoms with van der Waals surface area (Å²) in [6, 6.07) is 5.44. The molecule has 1 aromatic heterocycles. The number of carbonyl (C=O) groups is 1. The van der Waals surface area contributed by atoms with Gasteiger partial charge in [0.1, 0.15) is 17.4 Å². The molecule has 0 unspecified atom stereocenters. The molecule has 0 saturated heterocycles. The number of nitrogen functional groups attached to an aromatic ring is 1. The summed E-state index contributed by atoms with van der Waals surface area (Å²) in [5, 5.41) is 12.3. The molecule has 0 spiro atoms. The highest BCUT2D eigenvalue weighted by Gasteiger charge is 2.21. The number of benzene rings is 1. The molecule has 0 aliphatic carbocycles. The number of nitrogens with zero attached hydrogens (tertiary/aromatic N) is 3. The Balaban J connectivity index is 1.68. The second-order valence-corrected chi connectivity index (χ2v) is 6.65. The van der Waals surface area contributed by atoms with Gasteiger partial charge in [0.05, 0.1) is 18.8 Å². The SMILES string of the molecule is CC(C)c1nnc(NC(=O)CN2CCOc3ccc(N)cc32)s1. The van der Waals surface area contributed by atoms with Crippen LogP contribution in [0.5, 0.6) is 5.75 Å². The molecular weight excluding hydrogens is 314 g/mol. The van der Waals surface area contributed by atoms with Gasteiger partial charge in [-0.3, -0.25) is 10.1 Å². The Morgan fingerprint density at radius 3 is 3.04 bits per heavy atom. The van der Waals surface area contributed by atoms with E-state index in [4.69, 9.17) is 10.5 Å². The molecule has 0 fully saturated rings. The van der Waals surface area contributed by atoms with Gasteiger partial charge in [-0.15, -0.1) is 10.2 Å². The van der Waals surface area contributed by atoms with E-state index in [0.717, 1.165) is 16.4 Å². The first-order valence-electron chi connectivity index (χ1n) is 7.43. The average molecular weight is 333 g/mol. The maximum Gasteiger partial charge on any atom is 0.245 e. The van der Waals surface area contributed by atoms with E-state index in [1.165, 1.54) is 11.3 Å². The van der Waals surface area contributed by atoms with Crippen molar-refractivity contribution in [3.05, 3.63) is 23.2 Å². The number of rotatable bonds is 4. The maximum atomic E-state index is 12.3. The van der Waals surface area contributed by atoms with Crippen LogP contribution < -0.4 is 20.7 Å². The number of hydrogen-bond acceptors (Lipinski definition) is 7. The molecule has 0 saturated carbocycles. The molecule has 2 heterocycles. The van der Waals surface area contributed by atoms with Crippen LogP contribution in [0, 0.1) is 0 Å². The fourth-order valence-electron chi connectivity index (χ4n) is 2.30. The van der Waals surface area contributed by atoms with Crippen molar-refractivity contribution < 1.29 is 9.53 Å². The van der Waals surface area contributed by atoms with Crippen molar-refractivity contribution in [2.24, 2.45) is 0 Å². The van der Waals surface area contributed by atoms with Gasteiger partial charge in [-0.2, -0.15) is 0 Å². The third-order valence-electron chi connectivity index (χ3n) is 3.46. The minimum absolute atomic E-state index is 0.133. The van der Waals surface area contributed by atoms with Crippen LogP contribution in [-0.2, 0) is 4.79 Å². The quantitative estimate of drug-likeness (QED) is 0.832. The van der Waals surface area contributed by atoms with Crippen LogP contribution in [0.4, 0.5) is 16.5 Å². The van der Waals surface area contributed by atoms with E-state index >= 15 is 0 Å². The molecule has 1 aromatic carbocycles. The molecule has 23 heavy (non-hydrogen) atoms. The minimum Gasteiger partial charge on any atom is -0.490 e. The monoisotopic (exact) mass is 333 g/mol. The van der Waals surface area contributed by atoms with Crippen LogP contribution in [0.15, 0.2) is 18.2 Å². The van der Waals surface area contributed by atoms with Crippen molar-refractivity contribution >= 4 is 33.8 Å². The predicted octanol–water partition coefficient (Wildman–Crippen LogP) is 2.08. The van der Waals surface area contributed by atoms with E-state index in [0.29, 0.717) is 29.9 Å². The number of ether oxygens (including phenoxy) is 1. The number of fused-ring (bicyclic) bond motifs is 1. The summed E-state index contributed by atoms with van der Waals surface area (Å²) in [5.74, 6) is 0.912. The van der Waals surface area contributed by atoms with Gasteiger partial charge in [0.15, 0.2) is 0 Å². The van der Waals surface area contributed by atoms with Crippen LogP contribution in [0.1, 0.15) is 24.8 Å². The molecule has 7 nitrogen and oxygen atoms in total. The summed E-state index contributed by atoms with van der Waals surface area (Å²) in [6.45, 7) is 5.48. The molecule has 122 valence electrons. The van der Waals surface area contributed by atoms with E-state index in [9.17, 15) is 4.79 Å². The Morgan fingerprint density at radius 2 is 2.30 bits per heavy atom. The van der Waals surface area contributed by atoms with Gasteiger partial charge >= 0.3 is 0 Å². The smallest absolute Gasteiger partial charge is 0.245 e. The topological polar surface area (TPSA) is 93.4 Å². The highest BCUT2D eigenvalue weighted by molar-refractivity contribution is 7.15. The first-order chi connectivity index (χ1) is 11.0. The summed E-state index contributed by atoms with van der Waals surface area (Å²) in [7, 11) is 0. The van der Waals surface area contributed by atoms with Gasteiger partial charge < -0.3 is 15.4 Å². The lowest BCUT2D eigenvalue weighted by Crippen LogP contribution is -2.38. The average Bonchev–Trinajstić information content (AvgIpc) is 2.96.